The SMILES string of the molecule is CC(O)c1cn(-c2cc(Br)ccc2Cl)nn1. The standard InChI is InChI=1S/C10H9BrClN3O/c1-6(16)9-5-15(14-13-9)10-4-7(11)2-3-8(10)12/h2-6,16H,1H3. The highest BCUT2D eigenvalue weighted by atomic mass is 79.9. The molecule has 0 radical (unpaired) electrons. The van der Waals surface area contributed by atoms with Gasteiger partial charge in [0.25, 0.3) is 0 Å². The Bertz CT molecular complexity index is 513. The topological polar surface area (TPSA) is 50.9 Å². The maximum Gasteiger partial charge on any atom is 0.111 e. The van der Waals surface area contributed by atoms with Crippen LogP contribution < -0.4 is 0 Å². The van der Waals surface area contributed by atoms with E-state index < -0.39 is 6.10 Å². The number of hydrogen-bond donors (Lipinski definition) is 1. The van der Waals surface area contributed by atoms with Crippen molar-refractivity contribution in [3.8, 4) is 5.69 Å². The molecule has 0 aliphatic rings. The first-order valence-electron chi connectivity index (χ1n) is 4.63. The Balaban J connectivity index is 2.46. The normalized spacial score (nSPS) is 12.8. The van der Waals surface area contributed by atoms with E-state index in [1.165, 1.54) is 4.68 Å². The molecule has 1 unspecified atom stereocenters. The smallest absolute Gasteiger partial charge is 0.111 e. The van der Waals surface area contributed by atoms with E-state index in [1.54, 1.807) is 19.2 Å². The summed E-state index contributed by atoms with van der Waals surface area (Å²) in [6.45, 7) is 1.64. The zero-order chi connectivity index (χ0) is 11.7. The molecule has 0 amide bonds. The summed E-state index contributed by atoms with van der Waals surface area (Å²) < 4.78 is 2.44. The van der Waals surface area contributed by atoms with Gasteiger partial charge in [0, 0.05) is 4.47 Å². The van der Waals surface area contributed by atoms with Gasteiger partial charge in [-0.2, -0.15) is 0 Å². The summed E-state index contributed by atoms with van der Waals surface area (Å²) in [5.41, 5.74) is 1.23. The van der Waals surface area contributed by atoms with E-state index in [-0.39, 0.29) is 0 Å². The fourth-order valence-corrected chi connectivity index (χ4v) is 1.80. The summed E-state index contributed by atoms with van der Waals surface area (Å²) in [7, 11) is 0. The average Bonchev–Trinajstić information content (AvgIpc) is 2.70. The van der Waals surface area contributed by atoms with Gasteiger partial charge < -0.3 is 5.11 Å². The van der Waals surface area contributed by atoms with Crippen LogP contribution in [-0.4, -0.2) is 20.1 Å². The highest BCUT2D eigenvalue weighted by molar-refractivity contribution is 9.10. The van der Waals surface area contributed by atoms with Crippen LogP contribution in [0, 0.1) is 0 Å². The summed E-state index contributed by atoms with van der Waals surface area (Å²) in [6, 6.07) is 5.45. The highest BCUT2D eigenvalue weighted by Gasteiger charge is 2.10. The maximum atomic E-state index is 9.35. The van der Waals surface area contributed by atoms with Crippen molar-refractivity contribution < 1.29 is 5.11 Å². The second-order valence-corrected chi connectivity index (χ2v) is 4.68. The van der Waals surface area contributed by atoms with Gasteiger partial charge in [0.2, 0.25) is 0 Å². The van der Waals surface area contributed by atoms with Crippen LogP contribution in [0.4, 0.5) is 0 Å². The summed E-state index contributed by atoms with van der Waals surface area (Å²) in [4.78, 5) is 0. The number of halogens is 2. The number of hydrogen-bond acceptors (Lipinski definition) is 3. The summed E-state index contributed by atoms with van der Waals surface area (Å²) in [6.07, 6.45) is 1.01. The van der Waals surface area contributed by atoms with Crippen LogP contribution in [-0.2, 0) is 0 Å². The van der Waals surface area contributed by atoms with Crippen molar-refractivity contribution in [1.29, 1.82) is 0 Å². The molecule has 2 aromatic rings. The summed E-state index contributed by atoms with van der Waals surface area (Å²) in [5.74, 6) is 0. The minimum atomic E-state index is -0.639. The van der Waals surface area contributed by atoms with Gasteiger partial charge in [0.05, 0.1) is 23.0 Å². The molecule has 0 aliphatic carbocycles. The van der Waals surface area contributed by atoms with Gasteiger partial charge in [0.1, 0.15) is 5.69 Å². The average molecular weight is 303 g/mol. The van der Waals surface area contributed by atoms with Crippen molar-refractivity contribution in [3.05, 3.63) is 39.6 Å². The van der Waals surface area contributed by atoms with Gasteiger partial charge in [0.15, 0.2) is 0 Å². The molecule has 0 fully saturated rings. The maximum absolute atomic E-state index is 9.35. The van der Waals surface area contributed by atoms with E-state index in [1.807, 2.05) is 12.1 Å². The molecular formula is C10H9BrClN3O. The highest BCUT2D eigenvalue weighted by Crippen LogP contribution is 2.24. The van der Waals surface area contributed by atoms with Crippen molar-refractivity contribution in [3.63, 3.8) is 0 Å². The van der Waals surface area contributed by atoms with E-state index >= 15 is 0 Å². The summed E-state index contributed by atoms with van der Waals surface area (Å²) in [5, 5.41) is 17.7. The lowest BCUT2D eigenvalue weighted by Crippen LogP contribution is -1.95. The third kappa shape index (κ3) is 2.26. The lowest BCUT2D eigenvalue weighted by Gasteiger charge is -2.03. The van der Waals surface area contributed by atoms with E-state index in [0.717, 1.165) is 10.2 Å². The molecule has 0 saturated heterocycles. The Morgan fingerprint density at radius 2 is 2.25 bits per heavy atom. The zero-order valence-electron chi connectivity index (χ0n) is 8.43. The van der Waals surface area contributed by atoms with Crippen LogP contribution >= 0.6 is 27.5 Å². The number of aliphatic hydroxyl groups is 1. The quantitative estimate of drug-likeness (QED) is 0.928. The number of aliphatic hydroxyl groups excluding tert-OH is 1. The molecule has 0 bridgehead atoms. The molecule has 4 nitrogen and oxygen atoms in total. The second kappa shape index (κ2) is 4.53. The lowest BCUT2D eigenvalue weighted by molar-refractivity contribution is 0.194. The van der Waals surface area contributed by atoms with Crippen LogP contribution in [0.1, 0.15) is 18.7 Å². The molecule has 1 aromatic heterocycles. The van der Waals surface area contributed by atoms with Crippen LogP contribution in [0.3, 0.4) is 0 Å². The molecule has 6 heteroatoms. The van der Waals surface area contributed by atoms with Crippen LogP contribution in [0.15, 0.2) is 28.9 Å². The monoisotopic (exact) mass is 301 g/mol. The third-order valence-corrected chi connectivity index (χ3v) is 2.91. The van der Waals surface area contributed by atoms with Gasteiger partial charge in [-0.25, -0.2) is 4.68 Å². The number of benzene rings is 1. The van der Waals surface area contributed by atoms with Crippen molar-refractivity contribution in [1.82, 2.24) is 15.0 Å². The Labute approximate surface area is 106 Å². The molecule has 84 valence electrons. The Morgan fingerprint density at radius 3 is 2.88 bits per heavy atom. The molecule has 0 saturated carbocycles. The molecular weight excluding hydrogens is 293 g/mol. The van der Waals surface area contributed by atoms with Crippen molar-refractivity contribution in [2.45, 2.75) is 13.0 Å². The van der Waals surface area contributed by atoms with E-state index in [2.05, 4.69) is 26.2 Å². The van der Waals surface area contributed by atoms with Crippen LogP contribution in [0.2, 0.25) is 5.02 Å². The molecule has 2 rings (SSSR count). The molecule has 1 N–H and O–H groups in total. The predicted molar refractivity (Wildman–Crippen MR) is 64.7 cm³/mol. The van der Waals surface area contributed by atoms with Crippen molar-refractivity contribution in [2.24, 2.45) is 0 Å². The van der Waals surface area contributed by atoms with Gasteiger partial charge >= 0.3 is 0 Å². The number of aromatic nitrogens is 3. The van der Waals surface area contributed by atoms with E-state index in [0.29, 0.717) is 10.7 Å². The lowest BCUT2D eigenvalue weighted by atomic mass is 10.3. The van der Waals surface area contributed by atoms with E-state index in [9.17, 15) is 5.11 Å². The van der Waals surface area contributed by atoms with Gasteiger partial charge in [-0.1, -0.05) is 32.7 Å². The molecule has 1 atom stereocenters. The van der Waals surface area contributed by atoms with Crippen molar-refractivity contribution in [2.75, 3.05) is 0 Å². The number of nitrogens with zero attached hydrogens (tertiary/aromatic N) is 3. The van der Waals surface area contributed by atoms with Crippen molar-refractivity contribution >= 4 is 27.5 Å². The van der Waals surface area contributed by atoms with E-state index in [4.69, 9.17) is 11.6 Å². The molecule has 0 spiro atoms. The van der Waals surface area contributed by atoms with Crippen LogP contribution in [0.5, 0.6) is 0 Å². The zero-order valence-corrected chi connectivity index (χ0v) is 10.8. The summed E-state index contributed by atoms with van der Waals surface area (Å²) >= 11 is 9.41. The fourth-order valence-electron chi connectivity index (χ4n) is 1.25. The second-order valence-electron chi connectivity index (χ2n) is 3.36. The first kappa shape index (κ1) is 11.6. The predicted octanol–water partition coefficient (Wildman–Crippen LogP) is 2.74. The molecule has 16 heavy (non-hydrogen) atoms. The molecule has 0 aliphatic heterocycles. The van der Waals surface area contributed by atoms with Gasteiger partial charge in [-0.3, -0.25) is 0 Å². The van der Waals surface area contributed by atoms with Crippen LogP contribution in [0.25, 0.3) is 5.69 Å². The Morgan fingerprint density at radius 1 is 1.50 bits per heavy atom. The first-order valence-corrected chi connectivity index (χ1v) is 5.81. The Hall–Kier alpha value is -0.910. The minimum Gasteiger partial charge on any atom is -0.387 e. The largest absolute Gasteiger partial charge is 0.387 e. The minimum absolute atomic E-state index is 0.510. The Kier molecular flexibility index (Phi) is 3.28. The molecule has 1 aromatic carbocycles. The number of rotatable bonds is 2. The third-order valence-electron chi connectivity index (χ3n) is 2.09. The first-order chi connectivity index (χ1) is 7.58. The molecule has 1 heterocycles. The fraction of sp³-hybridized carbons (Fsp3) is 0.200. The van der Waals surface area contributed by atoms with Gasteiger partial charge in [-0.15, -0.1) is 5.10 Å². The van der Waals surface area contributed by atoms with Gasteiger partial charge in [-0.05, 0) is 25.1 Å².